The van der Waals surface area contributed by atoms with Crippen molar-refractivity contribution >= 4 is 29.5 Å². The number of carbonyl (C=O) groups is 2. The van der Waals surface area contributed by atoms with Crippen LogP contribution in [0.1, 0.15) is 94.5 Å². The van der Waals surface area contributed by atoms with Gasteiger partial charge in [0.1, 0.15) is 0 Å². The summed E-state index contributed by atoms with van der Waals surface area (Å²) in [6.45, 7) is 13.6. The number of hydrogen-bond donors (Lipinski definition) is 2. The van der Waals surface area contributed by atoms with Gasteiger partial charge in [-0.25, -0.2) is 0 Å². The lowest BCUT2D eigenvalue weighted by Crippen LogP contribution is -2.35. The second-order valence-electron chi connectivity index (χ2n) is 12.1. The fourth-order valence-electron chi connectivity index (χ4n) is 5.72. The van der Waals surface area contributed by atoms with E-state index in [9.17, 15) is 22.8 Å². The number of carbonyl (C=O) groups excluding carboxylic acids is 2. The molecule has 2 aliphatic rings. The maximum atomic E-state index is 13.4. The summed E-state index contributed by atoms with van der Waals surface area (Å²) < 4.78 is 38.7. The van der Waals surface area contributed by atoms with Crippen LogP contribution in [0, 0.1) is 5.92 Å². The lowest BCUT2D eigenvalue weighted by atomic mass is 9.97. The van der Waals surface area contributed by atoms with Gasteiger partial charge < -0.3 is 20.4 Å². The molecule has 2 aromatic rings. The highest BCUT2D eigenvalue weighted by molar-refractivity contribution is 7.80. The molecule has 2 saturated heterocycles. The Morgan fingerprint density at radius 2 is 1.68 bits per heavy atom. The van der Waals surface area contributed by atoms with Crippen LogP contribution in [0.25, 0.3) is 11.1 Å². The minimum atomic E-state index is -4.39. The third-order valence-electron chi connectivity index (χ3n) is 8.66. The number of halogens is 3. The monoisotopic (exact) mass is 674 g/mol. The van der Waals surface area contributed by atoms with Gasteiger partial charge >= 0.3 is 6.18 Å². The van der Waals surface area contributed by atoms with Gasteiger partial charge in [0.05, 0.1) is 10.6 Å². The number of alkyl halides is 3. The number of hydrogen-bond acceptors (Lipinski definition) is 4. The Hall–Kier alpha value is -3.24. The number of amides is 2. The quantitative estimate of drug-likeness (QED) is 0.159. The van der Waals surface area contributed by atoms with E-state index in [0.717, 1.165) is 67.5 Å². The number of allylic oxidation sites excluding steroid dienone is 1. The van der Waals surface area contributed by atoms with Gasteiger partial charge in [0.25, 0.3) is 5.91 Å². The molecule has 2 heterocycles. The van der Waals surface area contributed by atoms with Crippen molar-refractivity contribution < 1.29 is 22.8 Å². The van der Waals surface area contributed by atoms with Crippen LogP contribution in [0.2, 0.25) is 0 Å². The molecule has 2 N–H and O–H groups in total. The van der Waals surface area contributed by atoms with Gasteiger partial charge in [0.15, 0.2) is 0 Å². The molecule has 2 aliphatic heterocycles. The van der Waals surface area contributed by atoms with Crippen LogP contribution in [0.4, 0.5) is 13.2 Å². The summed E-state index contributed by atoms with van der Waals surface area (Å²) in [5.41, 5.74) is 1.88. The summed E-state index contributed by atoms with van der Waals surface area (Å²) >= 11 is 5.54. The molecule has 10 heteroatoms. The van der Waals surface area contributed by atoms with E-state index in [2.05, 4.69) is 36.1 Å². The molecule has 6 nitrogen and oxygen atoms in total. The lowest BCUT2D eigenvalue weighted by Gasteiger charge is -2.31. The first-order valence-corrected chi connectivity index (χ1v) is 17.3. The molecule has 4 rings (SSSR count). The second-order valence-corrected chi connectivity index (χ2v) is 12.5. The van der Waals surface area contributed by atoms with Crippen LogP contribution in [0.5, 0.6) is 0 Å². The highest BCUT2D eigenvalue weighted by Gasteiger charge is 2.30. The van der Waals surface area contributed by atoms with Gasteiger partial charge in [-0.3, -0.25) is 9.59 Å². The summed E-state index contributed by atoms with van der Waals surface area (Å²) in [4.78, 5) is 27.9. The number of benzene rings is 2. The molecule has 0 radical (unpaired) electrons. The van der Waals surface area contributed by atoms with Crippen molar-refractivity contribution in [2.75, 3.05) is 33.2 Å². The Balaban J connectivity index is 0.000000420. The number of rotatable bonds is 9. The zero-order valence-corrected chi connectivity index (χ0v) is 29.3. The summed E-state index contributed by atoms with van der Waals surface area (Å²) in [6, 6.07) is 12.9. The first-order valence-electron chi connectivity index (χ1n) is 16.9. The van der Waals surface area contributed by atoms with Crippen molar-refractivity contribution in [3.8, 4) is 11.1 Å². The van der Waals surface area contributed by atoms with E-state index >= 15 is 0 Å². The highest BCUT2D eigenvalue weighted by atomic mass is 32.1. The van der Waals surface area contributed by atoms with E-state index in [0.29, 0.717) is 36.2 Å². The number of nitrogens with one attached hydrogen (secondary N) is 2. The van der Waals surface area contributed by atoms with Gasteiger partial charge in [-0.2, -0.15) is 13.2 Å². The van der Waals surface area contributed by atoms with Crippen molar-refractivity contribution in [1.82, 2.24) is 20.4 Å². The van der Waals surface area contributed by atoms with Crippen molar-refractivity contribution in [2.45, 2.75) is 90.8 Å². The Morgan fingerprint density at radius 3 is 2.23 bits per heavy atom. The number of likely N-dealkylation sites (tertiary alicyclic amines) is 2. The first kappa shape index (κ1) is 39.9. The zero-order valence-electron chi connectivity index (χ0n) is 28.5. The largest absolute Gasteiger partial charge is 0.416 e. The van der Waals surface area contributed by atoms with Gasteiger partial charge in [-0.1, -0.05) is 76.3 Å². The molecule has 0 bridgehead atoms. The number of thiocarbonyl (C=S) groups is 1. The summed E-state index contributed by atoms with van der Waals surface area (Å²) in [7, 11) is 2.24. The fraction of sp³-hybridized carbons (Fsp3) is 0.541. The predicted molar refractivity (Wildman–Crippen MR) is 190 cm³/mol. The smallest absolute Gasteiger partial charge is 0.359 e. The SMILES string of the molecule is C=C(CC)NC(=S)C1CCCN(C(=O)c2ccccc2-c2ccc(C(F)(F)F)cc2)CC1.CCC1CCCCN1C.CCCNC=O. The summed E-state index contributed by atoms with van der Waals surface area (Å²) in [6.07, 6.45) is 6.23. The van der Waals surface area contributed by atoms with Crippen molar-refractivity contribution in [1.29, 1.82) is 0 Å². The molecule has 2 atom stereocenters. The Kier molecular flexibility index (Phi) is 17.7. The average molecular weight is 675 g/mol. The maximum absolute atomic E-state index is 13.4. The van der Waals surface area contributed by atoms with Crippen molar-refractivity contribution in [3.05, 3.63) is 71.9 Å². The van der Waals surface area contributed by atoms with Crippen LogP contribution in [-0.4, -0.2) is 66.4 Å². The van der Waals surface area contributed by atoms with Crippen LogP contribution >= 0.6 is 12.2 Å². The van der Waals surface area contributed by atoms with Crippen molar-refractivity contribution in [3.63, 3.8) is 0 Å². The molecule has 2 aromatic carbocycles. The molecule has 2 fully saturated rings. The van der Waals surface area contributed by atoms with E-state index in [1.54, 1.807) is 24.3 Å². The molecule has 0 aromatic heterocycles. The average Bonchev–Trinajstić information content (AvgIpc) is 3.34. The highest BCUT2D eigenvalue weighted by Crippen LogP contribution is 2.32. The first-order chi connectivity index (χ1) is 22.5. The Bertz CT molecular complexity index is 1270. The van der Waals surface area contributed by atoms with Crippen LogP contribution < -0.4 is 10.6 Å². The standard InChI is InChI=1S/C25H27F3N2OS.C8H17N.C4H9NO/c1-3-17(2)29-23(32)19-7-6-15-30(16-14-19)24(31)22-9-5-4-8-21(22)18-10-12-20(13-11-18)25(26,27)28;1-3-8-6-4-5-7-9(8)2;1-2-3-5-4-6/h4-5,8-13,19H,2-3,6-7,14-16H2,1H3,(H,29,32);8H,3-7H2,1-2H3;4H,2-3H2,1H3,(H,5,6). The zero-order chi connectivity index (χ0) is 34.8. The minimum Gasteiger partial charge on any atom is -0.359 e. The molecule has 2 unspecified atom stereocenters. The molecular formula is C37H53F3N4O2S. The third-order valence-corrected chi connectivity index (χ3v) is 9.10. The number of piperidine rings is 1. The summed E-state index contributed by atoms with van der Waals surface area (Å²) in [5, 5.41) is 5.72. The molecule has 0 spiro atoms. The normalized spacial score (nSPS) is 18.3. The third kappa shape index (κ3) is 13.4. The van der Waals surface area contributed by atoms with E-state index in [-0.39, 0.29) is 11.8 Å². The molecular weight excluding hydrogens is 621 g/mol. The molecule has 2 amide bonds. The predicted octanol–water partition coefficient (Wildman–Crippen LogP) is 8.48. The van der Waals surface area contributed by atoms with Gasteiger partial charge in [0.2, 0.25) is 6.41 Å². The van der Waals surface area contributed by atoms with E-state index < -0.39 is 11.7 Å². The van der Waals surface area contributed by atoms with Crippen molar-refractivity contribution in [2.24, 2.45) is 5.92 Å². The minimum absolute atomic E-state index is 0.113. The Morgan fingerprint density at radius 1 is 0.979 bits per heavy atom. The van der Waals surface area contributed by atoms with Crippen LogP contribution in [-0.2, 0) is 11.0 Å². The molecule has 0 aliphatic carbocycles. The topological polar surface area (TPSA) is 64.7 Å². The Labute approximate surface area is 285 Å². The fourth-order valence-corrected chi connectivity index (χ4v) is 6.10. The maximum Gasteiger partial charge on any atom is 0.416 e. The molecule has 0 saturated carbocycles. The second kappa shape index (κ2) is 20.9. The number of nitrogens with zero attached hydrogens (tertiary/aromatic N) is 2. The summed E-state index contributed by atoms with van der Waals surface area (Å²) in [5.74, 6) is 0.0780. The molecule has 47 heavy (non-hydrogen) atoms. The van der Waals surface area contributed by atoms with Gasteiger partial charge in [-0.15, -0.1) is 0 Å². The lowest BCUT2D eigenvalue weighted by molar-refractivity contribution is -0.137. The van der Waals surface area contributed by atoms with Gasteiger partial charge in [-0.05, 0) is 94.3 Å². The van der Waals surface area contributed by atoms with E-state index in [4.69, 9.17) is 12.2 Å². The molecule has 260 valence electrons. The van der Waals surface area contributed by atoms with Gasteiger partial charge in [0, 0.05) is 42.9 Å². The van der Waals surface area contributed by atoms with E-state index in [1.165, 1.54) is 44.4 Å². The van der Waals surface area contributed by atoms with Crippen LogP contribution in [0.15, 0.2) is 60.8 Å². The van der Waals surface area contributed by atoms with Crippen LogP contribution in [0.3, 0.4) is 0 Å². The van der Waals surface area contributed by atoms with E-state index in [1.807, 2.05) is 18.7 Å².